The lowest BCUT2D eigenvalue weighted by atomic mass is 9.96. The maximum Gasteiger partial charge on any atom is 0.293 e. The summed E-state index contributed by atoms with van der Waals surface area (Å²) in [5.41, 5.74) is 0.657. The van der Waals surface area contributed by atoms with Crippen LogP contribution in [0.1, 0.15) is 32.1 Å². The summed E-state index contributed by atoms with van der Waals surface area (Å²) in [6, 6.07) is 5.06. The summed E-state index contributed by atoms with van der Waals surface area (Å²) < 4.78 is 0.703. The first-order valence-electron chi connectivity index (χ1n) is 7.39. The molecule has 0 heterocycles. The smallest absolute Gasteiger partial charge is 0.293 e. The fourth-order valence-corrected chi connectivity index (χ4v) is 2.92. The molecule has 0 aliphatic heterocycles. The van der Waals surface area contributed by atoms with Crippen molar-refractivity contribution in [3.05, 3.63) is 32.8 Å². The molecule has 0 unspecified atom stereocenters. The first-order chi connectivity index (χ1) is 10.1. The molecular formula is C15H21BrN2O3. The molecule has 0 spiro atoms. The van der Waals surface area contributed by atoms with Gasteiger partial charge in [-0.1, -0.05) is 28.8 Å². The van der Waals surface area contributed by atoms with E-state index < -0.39 is 0 Å². The van der Waals surface area contributed by atoms with E-state index in [9.17, 15) is 10.1 Å². The predicted molar refractivity (Wildman–Crippen MR) is 86.4 cm³/mol. The predicted octanol–water partition coefficient (Wildman–Crippen LogP) is 3.96. The molecule has 1 aromatic carbocycles. The number of hydrogen-bond donors (Lipinski definition) is 2. The lowest BCUT2D eigenvalue weighted by Gasteiger charge is -2.17. The summed E-state index contributed by atoms with van der Waals surface area (Å²) in [6.07, 6.45) is 5.51. The van der Waals surface area contributed by atoms with E-state index in [-0.39, 0.29) is 17.2 Å². The first-order valence-corrected chi connectivity index (χ1v) is 8.18. The van der Waals surface area contributed by atoms with Crippen molar-refractivity contribution in [1.82, 2.24) is 0 Å². The van der Waals surface area contributed by atoms with Gasteiger partial charge in [0.2, 0.25) is 0 Å². The zero-order valence-electron chi connectivity index (χ0n) is 11.9. The van der Waals surface area contributed by atoms with E-state index in [4.69, 9.17) is 5.11 Å². The molecule has 0 amide bonds. The maximum absolute atomic E-state index is 11.1. The fraction of sp³-hybridized carbons (Fsp3) is 0.600. The van der Waals surface area contributed by atoms with Crippen molar-refractivity contribution in [2.45, 2.75) is 32.1 Å². The monoisotopic (exact) mass is 356 g/mol. The van der Waals surface area contributed by atoms with Gasteiger partial charge in [0.05, 0.1) is 4.92 Å². The van der Waals surface area contributed by atoms with Crippen LogP contribution in [0.2, 0.25) is 0 Å². The average molecular weight is 357 g/mol. The normalized spacial score (nSPS) is 15.7. The number of anilines is 1. The number of nitrogens with one attached hydrogen (secondary N) is 1. The standard InChI is InChI=1S/C15H21BrN2O3/c16-13-5-6-14(15(9-13)18(20)21)17-10-12(2-1-7-19)8-11-3-4-11/h5-6,9,11-12,17,19H,1-4,7-8,10H2/t12-/m0/s1. The van der Waals surface area contributed by atoms with Crippen molar-refractivity contribution in [3.8, 4) is 0 Å². The van der Waals surface area contributed by atoms with Gasteiger partial charge in [-0.2, -0.15) is 0 Å². The molecule has 21 heavy (non-hydrogen) atoms. The number of nitro benzene ring substituents is 1. The van der Waals surface area contributed by atoms with Crippen molar-refractivity contribution in [2.24, 2.45) is 11.8 Å². The number of nitrogens with zero attached hydrogens (tertiary/aromatic N) is 1. The van der Waals surface area contributed by atoms with E-state index in [0.29, 0.717) is 16.1 Å². The van der Waals surface area contributed by atoms with Gasteiger partial charge in [0.25, 0.3) is 5.69 Å². The minimum absolute atomic E-state index is 0.0942. The van der Waals surface area contributed by atoms with Gasteiger partial charge in [0.15, 0.2) is 0 Å². The first kappa shape index (κ1) is 16.2. The van der Waals surface area contributed by atoms with Crippen molar-refractivity contribution in [2.75, 3.05) is 18.5 Å². The third-order valence-corrected chi connectivity index (χ3v) is 4.36. The van der Waals surface area contributed by atoms with Gasteiger partial charge in [-0.25, -0.2) is 0 Å². The third-order valence-electron chi connectivity index (χ3n) is 3.87. The van der Waals surface area contributed by atoms with E-state index >= 15 is 0 Å². The molecule has 1 atom stereocenters. The number of benzene rings is 1. The summed E-state index contributed by atoms with van der Waals surface area (Å²) in [7, 11) is 0. The molecule has 5 nitrogen and oxygen atoms in total. The summed E-state index contributed by atoms with van der Waals surface area (Å²) in [5, 5.41) is 23.3. The Hall–Kier alpha value is -1.14. The summed E-state index contributed by atoms with van der Waals surface area (Å²) in [6.45, 7) is 0.929. The van der Waals surface area contributed by atoms with Crippen LogP contribution in [0.3, 0.4) is 0 Å². The van der Waals surface area contributed by atoms with E-state index in [1.165, 1.54) is 18.9 Å². The molecule has 2 N–H and O–H groups in total. The lowest BCUT2D eigenvalue weighted by molar-refractivity contribution is -0.384. The molecule has 1 aliphatic rings. The number of aliphatic hydroxyl groups is 1. The highest BCUT2D eigenvalue weighted by molar-refractivity contribution is 9.10. The minimum atomic E-state index is -0.364. The van der Waals surface area contributed by atoms with E-state index in [1.807, 2.05) is 0 Å². The topological polar surface area (TPSA) is 75.4 Å². The van der Waals surface area contributed by atoms with Crippen LogP contribution in [0.15, 0.2) is 22.7 Å². The summed E-state index contributed by atoms with van der Waals surface area (Å²) in [5.74, 6) is 1.28. The van der Waals surface area contributed by atoms with E-state index in [0.717, 1.165) is 31.7 Å². The molecule has 0 saturated heterocycles. The minimum Gasteiger partial charge on any atom is -0.396 e. The average Bonchev–Trinajstić information content (AvgIpc) is 3.26. The van der Waals surface area contributed by atoms with Crippen LogP contribution in [0.5, 0.6) is 0 Å². The Bertz CT molecular complexity index is 492. The molecule has 1 aromatic rings. The van der Waals surface area contributed by atoms with Gasteiger partial charge < -0.3 is 10.4 Å². The molecule has 6 heteroatoms. The Morgan fingerprint density at radius 1 is 1.48 bits per heavy atom. The molecule has 1 saturated carbocycles. The SMILES string of the molecule is O=[N+]([O-])c1cc(Br)ccc1NC[C@@H](CCCO)CC1CC1. The van der Waals surface area contributed by atoms with Gasteiger partial charge in [0.1, 0.15) is 5.69 Å². The van der Waals surface area contributed by atoms with Gasteiger partial charge in [-0.15, -0.1) is 0 Å². The Kier molecular flexibility index (Phi) is 5.99. The Morgan fingerprint density at radius 3 is 2.86 bits per heavy atom. The van der Waals surface area contributed by atoms with Crippen molar-refractivity contribution in [1.29, 1.82) is 0 Å². The van der Waals surface area contributed by atoms with Gasteiger partial charge in [-0.05, 0) is 43.2 Å². The maximum atomic E-state index is 11.1. The quantitative estimate of drug-likeness (QED) is 0.518. The highest BCUT2D eigenvalue weighted by Gasteiger charge is 2.25. The molecule has 0 radical (unpaired) electrons. The second-order valence-electron chi connectivity index (χ2n) is 5.71. The number of hydrogen-bond acceptors (Lipinski definition) is 4. The van der Waals surface area contributed by atoms with E-state index in [1.54, 1.807) is 12.1 Å². The number of nitro groups is 1. The summed E-state index contributed by atoms with van der Waals surface area (Å²) in [4.78, 5) is 10.7. The zero-order valence-corrected chi connectivity index (χ0v) is 13.5. The molecule has 2 rings (SSSR count). The van der Waals surface area contributed by atoms with Crippen molar-refractivity contribution < 1.29 is 10.0 Å². The second kappa shape index (κ2) is 7.75. The van der Waals surface area contributed by atoms with Crippen molar-refractivity contribution in [3.63, 3.8) is 0 Å². The Labute approximate surface area is 133 Å². The second-order valence-corrected chi connectivity index (χ2v) is 6.63. The third kappa shape index (κ3) is 5.28. The van der Waals surface area contributed by atoms with E-state index in [2.05, 4.69) is 21.2 Å². The van der Waals surface area contributed by atoms with Crippen LogP contribution in [0.4, 0.5) is 11.4 Å². The fourth-order valence-electron chi connectivity index (χ4n) is 2.57. The van der Waals surface area contributed by atoms with Gasteiger partial charge >= 0.3 is 0 Å². The molecule has 0 aromatic heterocycles. The molecular weight excluding hydrogens is 336 g/mol. The largest absolute Gasteiger partial charge is 0.396 e. The van der Waals surface area contributed by atoms with Crippen molar-refractivity contribution >= 4 is 27.3 Å². The van der Waals surface area contributed by atoms with Crippen LogP contribution in [-0.4, -0.2) is 23.2 Å². The zero-order chi connectivity index (χ0) is 15.2. The van der Waals surface area contributed by atoms with Crippen LogP contribution in [0.25, 0.3) is 0 Å². The Balaban J connectivity index is 1.97. The molecule has 1 aliphatic carbocycles. The lowest BCUT2D eigenvalue weighted by Crippen LogP contribution is -2.16. The molecule has 116 valence electrons. The van der Waals surface area contributed by atoms with Gasteiger partial charge in [-0.3, -0.25) is 10.1 Å². The number of rotatable bonds is 9. The van der Waals surface area contributed by atoms with Gasteiger partial charge in [0, 0.05) is 23.7 Å². The highest BCUT2D eigenvalue weighted by Crippen LogP contribution is 2.37. The number of aliphatic hydroxyl groups excluding tert-OH is 1. The van der Waals surface area contributed by atoms with Crippen LogP contribution in [0, 0.1) is 22.0 Å². The Morgan fingerprint density at radius 2 is 2.24 bits per heavy atom. The van der Waals surface area contributed by atoms with Crippen LogP contribution in [-0.2, 0) is 0 Å². The highest BCUT2D eigenvalue weighted by atomic mass is 79.9. The molecule has 1 fully saturated rings. The number of halogens is 1. The summed E-state index contributed by atoms with van der Waals surface area (Å²) >= 11 is 3.26. The van der Waals surface area contributed by atoms with Crippen LogP contribution < -0.4 is 5.32 Å². The molecule has 0 bridgehead atoms. The van der Waals surface area contributed by atoms with Crippen LogP contribution >= 0.6 is 15.9 Å².